The van der Waals surface area contributed by atoms with E-state index in [1.165, 1.54) is 24.0 Å². The Morgan fingerprint density at radius 1 is 1.00 bits per heavy atom. The number of nitrogens with one attached hydrogen (secondary N) is 2. The van der Waals surface area contributed by atoms with Gasteiger partial charge in [-0.1, -0.05) is 24.3 Å². The summed E-state index contributed by atoms with van der Waals surface area (Å²) in [5, 5.41) is 16.3. The largest absolute Gasteiger partial charge is 0.393 e. The van der Waals surface area contributed by atoms with Gasteiger partial charge in [-0.15, -0.1) is 0 Å². The maximum atomic E-state index is 12.0. The summed E-state index contributed by atoms with van der Waals surface area (Å²) < 4.78 is 0. The zero-order chi connectivity index (χ0) is 17.5. The van der Waals surface area contributed by atoms with Crippen molar-refractivity contribution in [2.75, 3.05) is 6.54 Å². The van der Waals surface area contributed by atoms with Gasteiger partial charge >= 0.3 is 0 Å². The zero-order valence-electron chi connectivity index (χ0n) is 15.2. The number of hydrogen-bond donors (Lipinski definition) is 3. The van der Waals surface area contributed by atoms with Crippen LogP contribution in [-0.4, -0.2) is 35.7 Å². The summed E-state index contributed by atoms with van der Waals surface area (Å²) in [6.07, 6.45) is 9.43. The minimum Gasteiger partial charge on any atom is -0.393 e. The Balaban J connectivity index is 1.25. The normalized spacial score (nSPS) is 26.0. The fraction of sp³-hybridized carbons (Fsp3) is 0.667. The van der Waals surface area contributed by atoms with Crippen LogP contribution in [0.5, 0.6) is 0 Å². The zero-order valence-corrected chi connectivity index (χ0v) is 15.2. The van der Waals surface area contributed by atoms with Gasteiger partial charge in [0.2, 0.25) is 5.91 Å². The highest BCUT2D eigenvalue weighted by Crippen LogP contribution is 2.21. The summed E-state index contributed by atoms with van der Waals surface area (Å²) in [4.78, 5) is 12.0. The first-order chi connectivity index (χ1) is 12.2. The Morgan fingerprint density at radius 2 is 1.76 bits per heavy atom. The topological polar surface area (TPSA) is 61.4 Å². The number of aliphatic hydroxyl groups is 1. The number of unbranched alkanes of at least 4 members (excludes halogenated alkanes) is 1. The predicted molar refractivity (Wildman–Crippen MR) is 101 cm³/mol. The molecule has 0 bridgehead atoms. The van der Waals surface area contributed by atoms with Crippen molar-refractivity contribution in [1.82, 2.24) is 10.6 Å². The van der Waals surface area contributed by atoms with Crippen LogP contribution >= 0.6 is 0 Å². The lowest BCUT2D eigenvalue weighted by Crippen LogP contribution is -2.38. The fourth-order valence-electron chi connectivity index (χ4n) is 4.11. The molecule has 0 spiro atoms. The van der Waals surface area contributed by atoms with E-state index in [0.29, 0.717) is 12.5 Å². The van der Waals surface area contributed by atoms with Crippen LogP contribution in [0.1, 0.15) is 62.5 Å². The number of carbonyl (C=O) groups excluding carboxylic acids is 1. The van der Waals surface area contributed by atoms with Gasteiger partial charge in [0.25, 0.3) is 0 Å². The first-order valence-corrected chi connectivity index (χ1v) is 9.98. The van der Waals surface area contributed by atoms with Crippen molar-refractivity contribution in [3.05, 3.63) is 35.4 Å². The van der Waals surface area contributed by atoms with Crippen molar-refractivity contribution in [2.24, 2.45) is 0 Å². The Hall–Kier alpha value is -1.39. The molecule has 0 aromatic heterocycles. The summed E-state index contributed by atoms with van der Waals surface area (Å²) in [7, 11) is 0. The van der Waals surface area contributed by atoms with E-state index in [-0.39, 0.29) is 18.1 Å². The molecular formula is C21H32N2O2. The molecule has 0 radical (unpaired) electrons. The molecule has 4 nitrogen and oxygen atoms in total. The lowest BCUT2D eigenvalue weighted by atomic mass is 9.88. The van der Waals surface area contributed by atoms with Crippen LogP contribution < -0.4 is 10.6 Å². The van der Waals surface area contributed by atoms with E-state index in [0.717, 1.165) is 51.5 Å². The molecule has 1 saturated carbocycles. The van der Waals surface area contributed by atoms with Crippen molar-refractivity contribution in [2.45, 2.75) is 82.4 Å². The third kappa shape index (κ3) is 5.82. The third-order valence-electron chi connectivity index (χ3n) is 5.67. The summed E-state index contributed by atoms with van der Waals surface area (Å²) >= 11 is 0. The Morgan fingerprint density at radius 3 is 2.56 bits per heavy atom. The number of aryl methyl sites for hydroxylation is 1. The van der Waals surface area contributed by atoms with E-state index >= 15 is 0 Å². The number of carbonyl (C=O) groups is 1. The van der Waals surface area contributed by atoms with E-state index in [4.69, 9.17) is 0 Å². The maximum absolute atomic E-state index is 12.0. The number of benzene rings is 1. The monoisotopic (exact) mass is 344 g/mol. The quantitative estimate of drug-likeness (QED) is 0.667. The average Bonchev–Trinajstić information content (AvgIpc) is 2.63. The highest BCUT2D eigenvalue weighted by molar-refractivity contribution is 5.76. The molecule has 1 unspecified atom stereocenters. The molecule has 0 saturated heterocycles. The Bertz CT molecular complexity index is 553. The van der Waals surface area contributed by atoms with Crippen molar-refractivity contribution in [3.8, 4) is 0 Å². The summed E-state index contributed by atoms with van der Waals surface area (Å²) in [6, 6.07) is 9.61. The average molecular weight is 344 g/mol. The van der Waals surface area contributed by atoms with E-state index < -0.39 is 0 Å². The van der Waals surface area contributed by atoms with Crippen LogP contribution in [0.15, 0.2) is 24.3 Å². The van der Waals surface area contributed by atoms with Crippen LogP contribution in [-0.2, 0) is 17.6 Å². The molecule has 0 heterocycles. The Kier molecular flexibility index (Phi) is 6.88. The molecule has 1 fully saturated rings. The standard InChI is InChI=1S/C21H32N2O2/c24-20-12-10-18(11-13-20)23-21(25)7-3-4-14-22-19-9-8-16-5-1-2-6-17(16)15-19/h1-2,5-6,18-20,22,24H,3-4,7-15H2,(H,23,25). The number of rotatable bonds is 7. The van der Waals surface area contributed by atoms with Gasteiger partial charge in [-0.05, 0) is 75.5 Å². The SMILES string of the molecule is O=C(CCCCNC1CCc2ccccc2C1)NC1CCC(O)CC1. The van der Waals surface area contributed by atoms with Crippen LogP contribution in [0.2, 0.25) is 0 Å². The second-order valence-corrected chi connectivity index (χ2v) is 7.69. The van der Waals surface area contributed by atoms with Gasteiger partial charge in [0.15, 0.2) is 0 Å². The van der Waals surface area contributed by atoms with E-state index in [9.17, 15) is 9.90 Å². The van der Waals surface area contributed by atoms with Crippen LogP contribution in [0.4, 0.5) is 0 Å². The minimum absolute atomic E-state index is 0.161. The number of aliphatic hydroxyl groups excluding tert-OH is 1. The van der Waals surface area contributed by atoms with Crippen molar-refractivity contribution < 1.29 is 9.90 Å². The second kappa shape index (κ2) is 9.35. The molecule has 1 atom stereocenters. The molecule has 2 aliphatic rings. The van der Waals surface area contributed by atoms with Gasteiger partial charge in [-0.25, -0.2) is 0 Å². The smallest absolute Gasteiger partial charge is 0.220 e. The van der Waals surface area contributed by atoms with Gasteiger partial charge in [-0.3, -0.25) is 4.79 Å². The summed E-state index contributed by atoms with van der Waals surface area (Å²) in [6.45, 7) is 0.996. The molecule has 1 amide bonds. The first-order valence-electron chi connectivity index (χ1n) is 9.98. The summed E-state index contributed by atoms with van der Waals surface area (Å²) in [5.41, 5.74) is 3.00. The lowest BCUT2D eigenvalue weighted by molar-refractivity contribution is -0.122. The fourth-order valence-corrected chi connectivity index (χ4v) is 4.11. The molecule has 1 aromatic carbocycles. The molecule has 3 N–H and O–H groups in total. The highest BCUT2D eigenvalue weighted by Gasteiger charge is 2.20. The highest BCUT2D eigenvalue weighted by atomic mass is 16.3. The van der Waals surface area contributed by atoms with Crippen LogP contribution in [0.25, 0.3) is 0 Å². The molecule has 138 valence electrons. The molecule has 1 aromatic rings. The van der Waals surface area contributed by atoms with Crippen LogP contribution in [0.3, 0.4) is 0 Å². The lowest BCUT2D eigenvalue weighted by Gasteiger charge is -2.26. The van der Waals surface area contributed by atoms with Gasteiger partial charge in [0.1, 0.15) is 0 Å². The molecule has 4 heteroatoms. The van der Waals surface area contributed by atoms with Crippen molar-refractivity contribution in [3.63, 3.8) is 0 Å². The second-order valence-electron chi connectivity index (χ2n) is 7.69. The molecular weight excluding hydrogens is 312 g/mol. The molecule has 25 heavy (non-hydrogen) atoms. The van der Waals surface area contributed by atoms with E-state index in [2.05, 4.69) is 34.9 Å². The Labute approximate surface area is 151 Å². The van der Waals surface area contributed by atoms with Crippen molar-refractivity contribution >= 4 is 5.91 Å². The molecule has 3 rings (SSSR count). The number of amides is 1. The summed E-state index contributed by atoms with van der Waals surface area (Å²) in [5.74, 6) is 0.174. The van der Waals surface area contributed by atoms with Gasteiger partial charge in [-0.2, -0.15) is 0 Å². The maximum Gasteiger partial charge on any atom is 0.220 e. The van der Waals surface area contributed by atoms with Gasteiger partial charge in [0.05, 0.1) is 6.10 Å². The third-order valence-corrected chi connectivity index (χ3v) is 5.67. The van der Waals surface area contributed by atoms with Gasteiger partial charge < -0.3 is 15.7 Å². The molecule has 0 aliphatic heterocycles. The minimum atomic E-state index is -0.161. The van der Waals surface area contributed by atoms with E-state index in [1.54, 1.807) is 0 Å². The number of fused-ring (bicyclic) bond motifs is 1. The number of hydrogen-bond acceptors (Lipinski definition) is 3. The van der Waals surface area contributed by atoms with Crippen molar-refractivity contribution in [1.29, 1.82) is 0 Å². The van der Waals surface area contributed by atoms with E-state index in [1.807, 2.05) is 0 Å². The van der Waals surface area contributed by atoms with Gasteiger partial charge in [0, 0.05) is 18.5 Å². The van der Waals surface area contributed by atoms with Crippen LogP contribution in [0, 0.1) is 0 Å². The molecule has 2 aliphatic carbocycles. The predicted octanol–water partition coefficient (Wildman–Crippen LogP) is 2.72. The first kappa shape index (κ1) is 18.4.